The molecular weight excluding hydrogens is 345 g/mol. The van der Waals surface area contributed by atoms with Crippen LogP contribution in [0.5, 0.6) is 0 Å². The predicted octanol–water partition coefficient (Wildman–Crippen LogP) is 3.06. The molecule has 2 amide bonds. The number of rotatable bonds is 4. The SMILES string of the molecule is O=C(O)CCNC(=O)Nc1cc(C(F)(F)F)ccc1Br. The average molecular weight is 355 g/mol. The van der Waals surface area contributed by atoms with E-state index in [1.165, 1.54) is 0 Å². The van der Waals surface area contributed by atoms with Crippen molar-refractivity contribution in [3.8, 4) is 0 Å². The summed E-state index contributed by atoms with van der Waals surface area (Å²) < 4.78 is 37.8. The molecule has 0 aliphatic rings. The van der Waals surface area contributed by atoms with Crippen molar-refractivity contribution in [2.45, 2.75) is 12.6 Å². The van der Waals surface area contributed by atoms with Crippen LogP contribution in [0.15, 0.2) is 22.7 Å². The molecule has 5 nitrogen and oxygen atoms in total. The van der Waals surface area contributed by atoms with E-state index in [0.29, 0.717) is 0 Å². The number of carboxylic acid groups (broad SMARTS) is 1. The van der Waals surface area contributed by atoms with E-state index in [9.17, 15) is 22.8 Å². The van der Waals surface area contributed by atoms with E-state index < -0.39 is 23.7 Å². The molecule has 20 heavy (non-hydrogen) atoms. The van der Waals surface area contributed by atoms with E-state index >= 15 is 0 Å². The van der Waals surface area contributed by atoms with Gasteiger partial charge >= 0.3 is 18.2 Å². The van der Waals surface area contributed by atoms with Crippen LogP contribution in [0.25, 0.3) is 0 Å². The highest BCUT2D eigenvalue weighted by Crippen LogP contribution is 2.33. The van der Waals surface area contributed by atoms with E-state index in [2.05, 4.69) is 26.6 Å². The molecule has 0 atom stereocenters. The molecule has 9 heteroatoms. The minimum Gasteiger partial charge on any atom is -0.481 e. The largest absolute Gasteiger partial charge is 0.481 e. The fraction of sp³-hybridized carbons (Fsp3) is 0.273. The highest BCUT2D eigenvalue weighted by atomic mass is 79.9. The van der Waals surface area contributed by atoms with Crippen LogP contribution in [0.1, 0.15) is 12.0 Å². The second kappa shape index (κ2) is 6.60. The molecule has 1 aromatic rings. The number of hydrogen-bond donors (Lipinski definition) is 3. The molecule has 0 unspecified atom stereocenters. The first-order chi connectivity index (χ1) is 9.20. The number of urea groups is 1. The Morgan fingerprint density at radius 3 is 2.50 bits per heavy atom. The number of nitrogens with one attached hydrogen (secondary N) is 2. The topological polar surface area (TPSA) is 78.4 Å². The maximum absolute atomic E-state index is 12.5. The summed E-state index contributed by atoms with van der Waals surface area (Å²) in [7, 11) is 0. The van der Waals surface area contributed by atoms with Gasteiger partial charge in [-0.1, -0.05) is 0 Å². The van der Waals surface area contributed by atoms with E-state index in [4.69, 9.17) is 5.11 Å². The van der Waals surface area contributed by atoms with Crippen LogP contribution in [0.3, 0.4) is 0 Å². The standard InChI is InChI=1S/C11H10BrF3N2O3/c12-7-2-1-6(11(13,14)15)5-8(7)17-10(20)16-4-3-9(18)19/h1-2,5H,3-4H2,(H,18,19)(H2,16,17,20). The van der Waals surface area contributed by atoms with Gasteiger partial charge in [0.2, 0.25) is 0 Å². The lowest BCUT2D eigenvalue weighted by Gasteiger charge is -2.12. The van der Waals surface area contributed by atoms with Crippen molar-refractivity contribution in [1.82, 2.24) is 5.32 Å². The molecule has 0 saturated heterocycles. The molecule has 0 bridgehead atoms. The molecule has 0 radical (unpaired) electrons. The Balaban J connectivity index is 2.71. The summed E-state index contributed by atoms with van der Waals surface area (Å²) in [6.07, 6.45) is -4.80. The minimum absolute atomic E-state index is 0.0624. The van der Waals surface area contributed by atoms with E-state index in [1.54, 1.807) is 0 Å². The molecule has 3 N–H and O–H groups in total. The number of amides is 2. The lowest BCUT2D eigenvalue weighted by molar-refractivity contribution is -0.138. The number of benzene rings is 1. The highest BCUT2D eigenvalue weighted by molar-refractivity contribution is 9.10. The Bertz CT molecular complexity index is 520. The quantitative estimate of drug-likeness (QED) is 0.777. The number of carbonyl (C=O) groups excluding carboxylic acids is 1. The number of alkyl halides is 3. The van der Waals surface area contributed by atoms with E-state index in [1.807, 2.05) is 0 Å². The Labute approximate surface area is 120 Å². The zero-order valence-corrected chi connectivity index (χ0v) is 11.5. The van der Waals surface area contributed by atoms with Gasteiger partial charge in [0.1, 0.15) is 0 Å². The number of carboxylic acids is 1. The van der Waals surface area contributed by atoms with Crippen LogP contribution in [-0.4, -0.2) is 23.7 Å². The van der Waals surface area contributed by atoms with Crippen LogP contribution in [0.4, 0.5) is 23.7 Å². The smallest absolute Gasteiger partial charge is 0.416 e. The van der Waals surface area contributed by atoms with Gasteiger partial charge in [0.05, 0.1) is 17.7 Å². The van der Waals surface area contributed by atoms with Gasteiger partial charge in [0.25, 0.3) is 0 Å². The van der Waals surface area contributed by atoms with Crippen molar-refractivity contribution in [3.05, 3.63) is 28.2 Å². The summed E-state index contributed by atoms with van der Waals surface area (Å²) in [5.41, 5.74) is -0.964. The summed E-state index contributed by atoms with van der Waals surface area (Å²) in [6, 6.07) is 2.03. The molecule has 0 aromatic heterocycles. The van der Waals surface area contributed by atoms with Crippen LogP contribution >= 0.6 is 15.9 Å². The second-order valence-corrected chi connectivity index (χ2v) is 4.57. The van der Waals surface area contributed by atoms with Crippen LogP contribution in [0.2, 0.25) is 0 Å². The van der Waals surface area contributed by atoms with Crippen molar-refractivity contribution < 1.29 is 27.9 Å². The Morgan fingerprint density at radius 1 is 1.30 bits per heavy atom. The van der Waals surface area contributed by atoms with E-state index in [-0.39, 0.29) is 23.1 Å². The Kier molecular flexibility index (Phi) is 5.37. The molecule has 110 valence electrons. The van der Waals surface area contributed by atoms with Gasteiger partial charge in [-0.25, -0.2) is 4.79 Å². The zero-order chi connectivity index (χ0) is 15.3. The minimum atomic E-state index is -4.52. The Hall–Kier alpha value is -1.77. The number of carbonyl (C=O) groups is 2. The van der Waals surface area contributed by atoms with Crippen molar-refractivity contribution in [3.63, 3.8) is 0 Å². The van der Waals surface area contributed by atoms with Crippen LogP contribution < -0.4 is 10.6 Å². The normalized spacial score (nSPS) is 11.0. The first-order valence-electron chi connectivity index (χ1n) is 5.33. The highest BCUT2D eigenvalue weighted by Gasteiger charge is 2.31. The molecule has 0 aliphatic carbocycles. The summed E-state index contributed by atoms with van der Waals surface area (Å²) in [5, 5.41) is 12.8. The third kappa shape index (κ3) is 5.08. The zero-order valence-electron chi connectivity index (χ0n) is 9.92. The number of anilines is 1. The number of halogens is 4. The molecule has 1 aromatic carbocycles. The van der Waals surface area contributed by atoms with Crippen molar-refractivity contribution in [2.24, 2.45) is 0 Å². The van der Waals surface area contributed by atoms with Gasteiger partial charge in [-0.15, -0.1) is 0 Å². The number of aliphatic carboxylic acids is 1. The van der Waals surface area contributed by atoms with Gasteiger partial charge in [-0.2, -0.15) is 13.2 Å². The lowest BCUT2D eigenvalue weighted by Crippen LogP contribution is -2.30. The molecule has 0 heterocycles. The third-order valence-electron chi connectivity index (χ3n) is 2.17. The predicted molar refractivity (Wildman–Crippen MR) is 68.4 cm³/mol. The first kappa shape index (κ1) is 16.3. The van der Waals surface area contributed by atoms with Gasteiger partial charge < -0.3 is 15.7 Å². The molecule has 0 aliphatic heterocycles. The lowest BCUT2D eigenvalue weighted by atomic mass is 10.2. The Morgan fingerprint density at radius 2 is 1.95 bits per heavy atom. The summed E-state index contributed by atoms with van der Waals surface area (Å²) in [6.45, 7) is -0.127. The maximum Gasteiger partial charge on any atom is 0.416 e. The van der Waals surface area contributed by atoms with E-state index in [0.717, 1.165) is 18.2 Å². The monoisotopic (exact) mass is 354 g/mol. The molecule has 0 saturated carbocycles. The maximum atomic E-state index is 12.5. The van der Waals surface area contributed by atoms with Crippen molar-refractivity contribution in [2.75, 3.05) is 11.9 Å². The van der Waals surface area contributed by atoms with Crippen molar-refractivity contribution >= 4 is 33.6 Å². The third-order valence-corrected chi connectivity index (χ3v) is 2.86. The fourth-order valence-corrected chi connectivity index (χ4v) is 1.59. The molecule has 0 spiro atoms. The van der Waals surface area contributed by atoms with Crippen molar-refractivity contribution in [1.29, 1.82) is 0 Å². The van der Waals surface area contributed by atoms with Crippen LogP contribution in [-0.2, 0) is 11.0 Å². The molecular formula is C11H10BrF3N2O3. The van der Waals surface area contributed by atoms with Gasteiger partial charge in [0.15, 0.2) is 0 Å². The first-order valence-corrected chi connectivity index (χ1v) is 6.13. The molecule has 1 rings (SSSR count). The average Bonchev–Trinajstić information content (AvgIpc) is 2.30. The molecule has 0 fully saturated rings. The summed E-state index contributed by atoms with van der Waals surface area (Å²) in [4.78, 5) is 21.6. The van der Waals surface area contributed by atoms with Gasteiger partial charge in [-0.05, 0) is 34.1 Å². The fourth-order valence-electron chi connectivity index (χ4n) is 1.25. The number of hydrogen-bond acceptors (Lipinski definition) is 2. The second-order valence-electron chi connectivity index (χ2n) is 3.72. The van der Waals surface area contributed by atoms with Gasteiger partial charge in [0, 0.05) is 11.0 Å². The summed E-state index contributed by atoms with van der Waals surface area (Å²) in [5.74, 6) is -1.09. The van der Waals surface area contributed by atoms with Gasteiger partial charge in [-0.3, -0.25) is 4.79 Å². The van der Waals surface area contributed by atoms with Crippen LogP contribution in [0, 0.1) is 0 Å². The summed E-state index contributed by atoms with van der Waals surface area (Å²) >= 11 is 3.01.